The molecule has 0 radical (unpaired) electrons. The zero-order valence-corrected chi connectivity index (χ0v) is 23.1. The van der Waals surface area contributed by atoms with Crippen molar-refractivity contribution in [1.82, 2.24) is 15.1 Å². The van der Waals surface area contributed by atoms with Gasteiger partial charge in [-0.05, 0) is 61.2 Å². The average molecular weight is 569 g/mol. The maximum absolute atomic E-state index is 12.2. The summed E-state index contributed by atoms with van der Waals surface area (Å²) < 4.78 is 10.9. The smallest absolute Gasteiger partial charge is 0.253 e. The molecule has 0 bridgehead atoms. The summed E-state index contributed by atoms with van der Waals surface area (Å²) >= 11 is 0. The molecule has 1 N–H and O–H groups in total. The van der Waals surface area contributed by atoms with Crippen molar-refractivity contribution < 1.29 is 14.3 Å². The summed E-state index contributed by atoms with van der Waals surface area (Å²) in [6, 6.07) is 11.8. The number of halogens is 1. The van der Waals surface area contributed by atoms with Gasteiger partial charge in [0, 0.05) is 46.3 Å². The number of hydrogen-bond acceptors (Lipinski definition) is 4. The van der Waals surface area contributed by atoms with E-state index >= 15 is 0 Å². The molecule has 2 aromatic carbocycles. The minimum absolute atomic E-state index is 0. The molecule has 1 amide bonds. The molecule has 33 heavy (non-hydrogen) atoms. The van der Waals surface area contributed by atoms with E-state index in [0.717, 1.165) is 47.1 Å². The van der Waals surface area contributed by atoms with Gasteiger partial charge in [0.05, 0.1) is 14.2 Å². The van der Waals surface area contributed by atoms with Crippen molar-refractivity contribution >= 4 is 35.8 Å². The van der Waals surface area contributed by atoms with Crippen molar-refractivity contribution in [2.24, 2.45) is 4.99 Å². The van der Waals surface area contributed by atoms with Crippen molar-refractivity contribution in [2.45, 2.75) is 26.8 Å². The van der Waals surface area contributed by atoms with Crippen LogP contribution in [0, 0.1) is 6.92 Å². The molecule has 182 valence electrons. The standard InChI is InChI=1S/C25H36N4O3.HI/c1-8-26-25(27-13-12-19-10-9-11-20(15-19)24(30)28(3)4)29(5)17-21-16-23(32-7)22(31-6)14-18(21)2;/h9-11,14-16H,8,12-13,17H2,1-7H3,(H,26,27);1H. The van der Waals surface area contributed by atoms with Gasteiger partial charge in [-0.25, -0.2) is 0 Å². The first-order chi connectivity index (χ1) is 15.3. The number of ether oxygens (including phenoxy) is 2. The Balaban J connectivity index is 0.00000544. The van der Waals surface area contributed by atoms with E-state index in [4.69, 9.17) is 14.5 Å². The zero-order chi connectivity index (χ0) is 23.7. The van der Waals surface area contributed by atoms with Gasteiger partial charge in [0.15, 0.2) is 17.5 Å². The number of carbonyl (C=O) groups is 1. The maximum atomic E-state index is 12.2. The summed E-state index contributed by atoms with van der Waals surface area (Å²) in [6.07, 6.45) is 0.757. The Morgan fingerprint density at radius 2 is 1.73 bits per heavy atom. The second kappa shape index (κ2) is 13.9. The number of carbonyl (C=O) groups excluding carboxylic acids is 1. The van der Waals surface area contributed by atoms with Gasteiger partial charge in [-0.3, -0.25) is 9.79 Å². The number of aliphatic imine (C=N–C) groups is 1. The summed E-state index contributed by atoms with van der Waals surface area (Å²) in [5.74, 6) is 2.29. The molecule has 0 aliphatic carbocycles. The van der Waals surface area contributed by atoms with E-state index in [2.05, 4.69) is 24.1 Å². The quantitative estimate of drug-likeness (QED) is 0.282. The number of methoxy groups -OCH3 is 2. The maximum Gasteiger partial charge on any atom is 0.253 e. The van der Waals surface area contributed by atoms with Gasteiger partial charge in [-0.2, -0.15) is 0 Å². The summed E-state index contributed by atoms with van der Waals surface area (Å²) in [5.41, 5.74) is 4.07. The van der Waals surface area contributed by atoms with Gasteiger partial charge >= 0.3 is 0 Å². The first-order valence-electron chi connectivity index (χ1n) is 10.8. The topological polar surface area (TPSA) is 66.4 Å². The van der Waals surface area contributed by atoms with Gasteiger partial charge < -0.3 is 24.6 Å². The number of benzene rings is 2. The highest BCUT2D eigenvalue weighted by Crippen LogP contribution is 2.30. The predicted molar refractivity (Wildman–Crippen MR) is 145 cm³/mol. The molecular weight excluding hydrogens is 531 g/mol. The van der Waals surface area contributed by atoms with Gasteiger partial charge in [0.1, 0.15) is 0 Å². The molecule has 8 heteroatoms. The predicted octanol–water partition coefficient (Wildman–Crippen LogP) is 3.97. The molecule has 0 aliphatic rings. The summed E-state index contributed by atoms with van der Waals surface area (Å²) in [5, 5.41) is 3.36. The Morgan fingerprint density at radius 1 is 1.06 bits per heavy atom. The number of rotatable bonds is 9. The first kappa shape index (κ1) is 28.5. The Bertz CT molecular complexity index is 947. The van der Waals surface area contributed by atoms with Crippen LogP contribution in [0.4, 0.5) is 0 Å². The largest absolute Gasteiger partial charge is 0.493 e. The van der Waals surface area contributed by atoms with E-state index in [1.165, 1.54) is 0 Å². The molecular formula is C25H37IN4O3. The molecule has 0 heterocycles. The fourth-order valence-electron chi connectivity index (χ4n) is 3.40. The number of guanidine groups is 1. The molecule has 2 aromatic rings. The van der Waals surface area contributed by atoms with Gasteiger partial charge in [0.2, 0.25) is 0 Å². The summed E-state index contributed by atoms with van der Waals surface area (Å²) in [4.78, 5) is 20.7. The van der Waals surface area contributed by atoms with Crippen molar-refractivity contribution in [1.29, 1.82) is 0 Å². The Labute approximate surface area is 215 Å². The lowest BCUT2D eigenvalue weighted by Crippen LogP contribution is -2.38. The van der Waals surface area contributed by atoms with Crippen molar-refractivity contribution in [2.75, 3.05) is 48.5 Å². The fourth-order valence-corrected chi connectivity index (χ4v) is 3.40. The lowest BCUT2D eigenvalue weighted by atomic mass is 10.1. The Kier molecular flexibility index (Phi) is 12.0. The van der Waals surface area contributed by atoms with E-state index < -0.39 is 0 Å². The number of amides is 1. The van der Waals surface area contributed by atoms with Crippen LogP contribution in [0.15, 0.2) is 41.4 Å². The second-order valence-corrected chi connectivity index (χ2v) is 7.88. The molecule has 2 rings (SSSR count). The molecule has 0 aliphatic heterocycles. The number of hydrogen-bond donors (Lipinski definition) is 1. The van der Waals surface area contributed by atoms with Crippen LogP contribution < -0.4 is 14.8 Å². The third-order valence-corrected chi connectivity index (χ3v) is 5.19. The molecule has 0 atom stereocenters. The molecule has 0 fully saturated rings. The molecule has 0 saturated carbocycles. The average Bonchev–Trinajstić information content (AvgIpc) is 2.79. The number of nitrogens with one attached hydrogen (secondary N) is 1. The van der Waals surface area contributed by atoms with Crippen molar-refractivity contribution in [3.05, 3.63) is 58.7 Å². The van der Waals surface area contributed by atoms with Crippen LogP contribution in [0.1, 0.15) is 34.0 Å². The van der Waals surface area contributed by atoms with E-state index in [1.54, 1.807) is 33.2 Å². The lowest BCUT2D eigenvalue weighted by Gasteiger charge is -2.23. The van der Waals surface area contributed by atoms with Crippen LogP contribution in [0.2, 0.25) is 0 Å². The third-order valence-electron chi connectivity index (χ3n) is 5.19. The van der Waals surface area contributed by atoms with Gasteiger partial charge in [-0.15, -0.1) is 24.0 Å². The van der Waals surface area contributed by atoms with Crippen molar-refractivity contribution in [3.8, 4) is 11.5 Å². The second-order valence-electron chi connectivity index (χ2n) is 7.88. The van der Waals surface area contributed by atoms with Crippen molar-refractivity contribution in [3.63, 3.8) is 0 Å². The van der Waals surface area contributed by atoms with Gasteiger partial charge in [-0.1, -0.05) is 12.1 Å². The van der Waals surface area contributed by atoms with Gasteiger partial charge in [0.25, 0.3) is 5.91 Å². The van der Waals surface area contributed by atoms with E-state index in [9.17, 15) is 4.79 Å². The highest BCUT2D eigenvalue weighted by molar-refractivity contribution is 14.0. The molecule has 0 saturated heterocycles. The molecule has 0 spiro atoms. The SMILES string of the molecule is CCNC(=NCCc1cccc(C(=O)N(C)C)c1)N(C)Cc1cc(OC)c(OC)cc1C.I. The molecule has 7 nitrogen and oxygen atoms in total. The lowest BCUT2D eigenvalue weighted by molar-refractivity contribution is 0.0827. The van der Waals surface area contributed by atoms with Crippen LogP contribution in [-0.2, 0) is 13.0 Å². The highest BCUT2D eigenvalue weighted by Gasteiger charge is 2.13. The number of aryl methyl sites for hydroxylation is 1. The Hall–Kier alpha value is -2.49. The monoisotopic (exact) mass is 568 g/mol. The third kappa shape index (κ3) is 8.10. The fraction of sp³-hybridized carbons (Fsp3) is 0.440. The van der Waals surface area contributed by atoms with E-state index in [-0.39, 0.29) is 29.9 Å². The minimum atomic E-state index is 0. The molecule has 0 aromatic heterocycles. The summed E-state index contributed by atoms with van der Waals surface area (Å²) in [6.45, 7) is 6.21. The van der Waals surface area contributed by atoms with Crippen LogP contribution in [0.3, 0.4) is 0 Å². The van der Waals surface area contributed by atoms with Crippen LogP contribution >= 0.6 is 24.0 Å². The van der Waals surface area contributed by atoms with Crippen LogP contribution in [0.5, 0.6) is 11.5 Å². The van der Waals surface area contributed by atoms with Crippen LogP contribution in [0.25, 0.3) is 0 Å². The Morgan fingerprint density at radius 3 is 2.33 bits per heavy atom. The zero-order valence-electron chi connectivity index (χ0n) is 20.8. The molecule has 0 unspecified atom stereocenters. The first-order valence-corrected chi connectivity index (χ1v) is 10.8. The van der Waals surface area contributed by atoms with E-state index in [1.807, 2.05) is 43.4 Å². The normalized spacial score (nSPS) is 10.8. The number of nitrogens with zero attached hydrogens (tertiary/aromatic N) is 3. The highest BCUT2D eigenvalue weighted by atomic mass is 127. The summed E-state index contributed by atoms with van der Waals surface area (Å²) in [7, 11) is 8.84. The minimum Gasteiger partial charge on any atom is -0.493 e. The van der Waals surface area contributed by atoms with E-state index in [0.29, 0.717) is 18.7 Å². The van der Waals surface area contributed by atoms with Crippen LogP contribution in [-0.4, -0.2) is 70.1 Å².